The number of amides is 2. The summed E-state index contributed by atoms with van der Waals surface area (Å²) in [6, 6.07) is 9.04. The van der Waals surface area contributed by atoms with Crippen LogP contribution in [0.3, 0.4) is 0 Å². The van der Waals surface area contributed by atoms with Crippen molar-refractivity contribution in [1.82, 2.24) is 10.3 Å². The number of aromatic nitrogens is 1. The van der Waals surface area contributed by atoms with Gasteiger partial charge in [-0.1, -0.05) is 31.5 Å². The molecule has 2 N–H and O–H groups in total. The maximum atomic E-state index is 12.2. The van der Waals surface area contributed by atoms with Crippen molar-refractivity contribution < 1.29 is 19.1 Å². The summed E-state index contributed by atoms with van der Waals surface area (Å²) in [5, 5.41) is 5.90. The zero-order chi connectivity index (χ0) is 23.9. The van der Waals surface area contributed by atoms with E-state index in [2.05, 4.69) is 29.5 Å². The van der Waals surface area contributed by atoms with E-state index in [0.717, 1.165) is 11.1 Å². The molecule has 8 heteroatoms. The van der Waals surface area contributed by atoms with Crippen LogP contribution in [-0.4, -0.2) is 35.2 Å². The van der Waals surface area contributed by atoms with Crippen LogP contribution in [0, 0.1) is 5.92 Å². The molecule has 0 unspecified atom stereocenters. The summed E-state index contributed by atoms with van der Waals surface area (Å²) in [7, 11) is 0. The predicted molar refractivity (Wildman–Crippen MR) is 127 cm³/mol. The number of halogens is 1. The summed E-state index contributed by atoms with van der Waals surface area (Å²) in [5.41, 5.74) is 1.33. The van der Waals surface area contributed by atoms with E-state index in [0.29, 0.717) is 28.9 Å². The van der Waals surface area contributed by atoms with Crippen LogP contribution in [0.1, 0.15) is 48.0 Å². The Bertz CT molecular complexity index is 941. The number of benzene rings is 1. The van der Waals surface area contributed by atoms with Gasteiger partial charge in [0.25, 0.3) is 0 Å². The molecule has 0 fully saturated rings. The summed E-state index contributed by atoms with van der Waals surface area (Å²) in [5.74, 6) is 1.10. The second kappa shape index (κ2) is 11.2. The SMILES string of the molecule is CC(=O)Nc1cc(-c2ccc(OC[C@H](CC(C)C)OC(=O)NC(C)(C)C)c(Cl)c2)ccn1. The fraction of sp³-hybridized carbons (Fsp3) is 0.458. The predicted octanol–water partition coefficient (Wildman–Crippen LogP) is 5.68. The summed E-state index contributed by atoms with van der Waals surface area (Å²) >= 11 is 6.45. The normalized spacial score (nSPS) is 12.2. The third kappa shape index (κ3) is 8.75. The van der Waals surface area contributed by atoms with Crippen LogP contribution < -0.4 is 15.4 Å². The van der Waals surface area contributed by atoms with E-state index in [-0.39, 0.29) is 18.1 Å². The van der Waals surface area contributed by atoms with Gasteiger partial charge < -0.3 is 20.1 Å². The Kier molecular flexibility index (Phi) is 8.89. The van der Waals surface area contributed by atoms with Crippen molar-refractivity contribution in [1.29, 1.82) is 0 Å². The minimum absolute atomic E-state index is 0.189. The Morgan fingerprint density at radius 3 is 2.41 bits per heavy atom. The third-order valence-corrected chi connectivity index (χ3v) is 4.53. The van der Waals surface area contributed by atoms with Crippen molar-refractivity contribution in [3.8, 4) is 16.9 Å². The maximum Gasteiger partial charge on any atom is 0.407 e. The monoisotopic (exact) mass is 461 g/mol. The van der Waals surface area contributed by atoms with Gasteiger partial charge in [0.05, 0.1) is 5.02 Å². The van der Waals surface area contributed by atoms with E-state index in [1.54, 1.807) is 24.4 Å². The number of ether oxygens (including phenoxy) is 2. The van der Waals surface area contributed by atoms with Crippen LogP contribution in [-0.2, 0) is 9.53 Å². The Labute approximate surface area is 194 Å². The second-order valence-corrected chi connectivity index (χ2v) is 9.51. The average molecular weight is 462 g/mol. The molecule has 0 radical (unpaired) electrons. The molecule has 0 saturated carbocycles. The lowest BCUT2D eigenvalue weighted by Gasteiger charge is -2.24. The van der Waals surface area contributed by atoms with Crippen LogP contribution in [0.5, 0.6) is 5.75 Å². The fourth-order valence-corrected chi connectivity index (χ4v) is 3.24. The molecule has 2 aromatic rings. The average Bonchev–Trinajstić information content (AvgIpc) is 2.64. The van der Waals surface area contributed by atoms with Gasteiger partial charge in [-0.3, -0.25) is 4.79 Å². The molecule has 0 aliphatic rings. The zero-order valence-corrected chi connectivity index (χ0v) is 20.2. The number of nitrogens with zero attached hydrogens (tertiary/aromatic N) is 1. The molecule has 2 amide bonds. The summed E-state index contributed by atoms with van der Waals surface area (Å²) in [6.07, 6.45) is 1.40. The summed E-state index contributed by atoms with van der Waals surface area (Å²) in [6.45, 7) is 11.4. The number of pyridine rings is 1. The first-order valence-electron chi connectivity index (χ1n) is 10.6. The van der Waals surface area contributed by atoms with Crippen LogP contribution in [0.2, 0.25) is 5.02 Å². The molecule has 2 rings (SSSR count). The lowest BCUT2D eigenvalue weighted by molar-refractivity contribution is -0.114. The molecule has 1 atom stereocenters. The van der Waals surface area contributed by atoms with Gasteiger partial charge in [0.1, 0.15) is 24.3 Å². The number of alkyl carbamates (subject to hydrolysis) is 1. The Morgan fingerprint density at radius 1 is 1.12 bits per heavy atom. The smallest absolute Gasteiger partial charge is 0.407 e. The minimum Gasteiger partial charge on any atom is -0.488 e. The number of carbonyl (C=O) groups is 2. The summed E-state index contributed by atoms with van der Waals surface area (Å²) in [4.78, 5) is 27.6. The van der Waals surface area contributed by atoms with E-state index >= 15 is 0 Å². The maximum absolute atomic E-state index is 12.2. The van der Waals surface area contributed by atoms with Gasteiger partial charge in [0.2, 0.25) is 5.91 Å². The number of rotatable bonds is 8. The lowest BCUT2D eigenvalue weighted by atomic mass is 10.1. The van der Waals surface area contributed by atoms with Gasteiger partial charge in [-0.15, -0.1) is 0 Å². The van der Waals surface area contributed by atoms with Crippen LogP contribution in [0.4, 0.5) is 10.6 Å². The first-order valence-corrected chi connectivity index (χ1v) is 11.0. The van der Waals surface area contributed by atoms with Gasteiger partial charge in [-0.2, -0.15) is 0 Å². The molecule has 1 heterocycles. The lowest BCUT2D eigenvalue weighted by Crippen LogP contribution is -2.43. The number of nitrogens with one attached hydrogen (secondary N) is 2. The Balaban J connectivity index is 2.08. The minimum atomic E-state index is -0.471. The standard InChI is InChI=1S/C24H32ClN3O4/c1-15(2)11-19(32-23(30)28-24(4,5)6)14-31-21-8-7-17(12-20(21)25)18-9-10-26-22(13-18)27-16(3)29/h7-10,12-13,15,19H,11,14H2,1-6H3,(H,28,30)(H,26,27,29)/t19-/m0/s1. The van der Waals surface area contributed by atoms with Crippen molar-refractivity contribution in [2.24, 2.45) is 5.92 Å². The molecule has 174 valence electrons. The molecule has 7 nitrogen and oxygen atoms in total. The van der Waals surface area contributed by atoms with E-state index in [1.807, 2.05) is 32.9 Å². The molecule has 0 aliphatic heterocycles. The van der Waals surface area contributed by atoms with E-state index in [1.165, 1.54) is 6.92 Å². The van der Waals surface area contributed by atoms with Gasteiger partial charge in [0.15, 0.2) is 0 Å². The molecule has 0 saturated heterocycles. The first kappa shape index (κ1) is 25.5. The van der Waals surface area contributed by atoms with E-state index in [4.69, 9.17) is 21.1 Å². The second-order valence-electron chi connectivity index (χ2n) is 9.10. The van der Waals surface area contributed by atoms with Gasteiger partial charge in [-0.05, 0) is 68.5 Å². The Hall–Kier alpha value is -2.80. The quantitative estimate of drug-likeness (QED) is 0.528. The van der Waals surface area contributed by atoms with Crippen molar-refractivity contribution in [2.75, 3.05) is 11.9 Å². The molecular formula is C24H32ClN3O4. The van der Waals surface area contributed by atoms with E-state index < -0.39 is 12.2 Å². The third-order valence-electron chi connectivity index (χ3n) is 4.24. The molecule has 32 heavy (non-hydrogen) atoms. The topological polar surface area (TPSA) is 89.5 Å². The number of hydrogen-bond acceptors (Lipinski definition) is 5. The van der Waals surface area contributed by atoms with Crippen LogP contribution in [0.15, 0.2) is 36.5 Å². The number of hydrogen-bond donors (Lipinski definition) is 2. The molecule has 1 aromatic carbocycles. The Morgan fingerprint density at radius 2 is 1.81 bits per heavy atom. The zero-order valence-electron chi connectivity index (χ0n) is 19.5. The molecule has 0 bridgehead atoms. The molecule has 0 aliphatic carbocycles. The van der Waals surface area contributed by atoms with Crippen molar-refractivity contribution >= 4 is 29.4 Å². The summed E-state index contributed by atoms with van der Waals surface area (Å²) < 4.78 is 11.5. The van der Waals surface area contributed by atoms with Crippen LogP contribution >= 0.6 is 11.6 Å². The fourth-order valence-electron chi connectivity index (χ4n) is 3.00. The number of carbonyl (C=O) groups excluding carboxylic acids is 2. The van der Waals surface area contributed by atoms with Gasteiger partial charge >= 0.3 is 6.09 Å². The van der Waals surface area contributed by atoms with Crippen LogP contribution in [0.25, 0.3) is 11.1 Å². The molecule has 1 aromatic heterocycles. The van der Waals surface area contributed by atoms with Gasteiger partial charge in [-0.25, -0.2) is 9.78 Å². The number of anilines is 1. The highest BCUT2D eigenvalue weighted by Gasteiger charge is 2.21. The van der Waals surface area contributed by atoms with Crippen molar-refractivity contribution in [3.63, 3.8) is 0 Å². The first-order chi connectivity index (χ1) is 14.9. The molecular weight excluding hydrogens is 430 g/mol. The van der Waals surface area contributed by atoms with Crippen molar-refractivity contribution in [3.05, 3.63) is 41.6 Å². The largest absolute Gasteiger partial charge is 0.488 e. The van der Waals surface area contributed by atoms with Crippen molar-refractivity contribution in [2.45, 2.75) is 59.6 Å². The highest BCUT2D eigenvalue weighted by atomic mass is 35.5. The highest BCUT2D eigenvalue weighted by Crippen LogP contribution is 2.31. The van der Waals surface area contributed by atoms with Gasteiger partial charge in [0, 0.05) is 18.7 Å². The highest BCUT2D eigenvalue weighted by molar-refractivity contribution is 6.32. The molecule has 0 spiro atoms. The van der Waals surface area contributed by atoms with E-state index in [9.17, 15) is 9.59 Å².